The van der Waals surface area contributed by atoms with E-state index in [4.69, 9.17) is 9.47 Å². The Hall–Kier alpha value is -3.17. The number of nitrogens with one attached hydrogen (secondary N) is 2. The summed E-state index contributed by atoms with van der Waals surface area (Å²) in [5.74, 6) is -3.36. The molecule has 196 valence electrons. The highest BCUT2D eigenvalue weighted by molar-refractivity contribution is 8.00. The number of aliphatic carboxylic acids is 1. The summed E-state index contributed by atoms with van der Waals surface area (Å²) in [5, 5.41) is 25.7. The number of aliphatic hydroxyl groups is 1. The minimum absolute atomic E-state index is 0.0442. The maximum Gasteiger partial charge on any atom is 0.413 e. The summed E-state index contributed by atoms with van der Waals surface area (Å²) in [6.07, 6.45) is -1.87. The Morgan fingerprint density at radius 1 is 1.33 bits per heavy atom. The number of hydrogen-bond acceptors (Lipinski definition) is 11. The van der Waals surface area contributed by atoms with E-state index in [1.807, 2.05) is 6.92 Å². The molecule has 15 heteroatoms. The lowest BCUT2D eigenvalue weighted by molar-refractivity contribution is -0.152. The molecule has 0 saturated carbocycles. The topological polar surface area (TPSA) is 184 Å². The van der Waals surface area contributed by atoms with Crippen LogP contribution in [0, 0.1) is 0 Å². The highest BCUT2D eigenvalue weighted by atomic mass is 32.2. The van der Waals surface area contributed by atoms with Gasteiger partial charge in [0.25, 0.3) is 11.8 Å². The second kappa shape index (κ2) is 10.8. The van der Waals surface area contributed by atoms with E-state index < -0.39 is 53.0 Å². The summed E-state index contributed by atoms with van der Waals surface area (Å²) in [7, 11) is 0. The molecule has 1 unspecified atom stereocenters. The number of anilines is 1. The van der Waals surface area contributed by atoms with Crippen LogP contribution < -0.4 is 10.6 Å². The Balaban J connectivity index is 1.62. The molecule has 1 fully saturated rings. The predicted molar refractivity (Wildman–Crippen MR) is 128 cm³/mol. The molecule has 2 aliphatic heterocycles. The number of carbonyl (C=O) groups excluding carboxylic acids is 4. The van der Waals surface area contributed by atoms with Gasteiger partial charge in [0, 0.05) is 23.6 Å². The summed E-state index contributed by atoms with van der Waals surface area (Å²) < 4.78 is 10.1. The maximum absolute atomic E-state index is 12.7. The van der Waals surface area contributed by atoms with Crippen LogP contribution in [0.25, 0.3) is 0 Å². The number of carboxylic acid groups (broad SMARTS) is 1. The highest BCUT2D eigenvalue weighted by Gasteiger charge is 2.54. The Kier molecular flexibility index (Phi) is 8.26. The Labute approximate surface area is 214 Å². The zero-order valence-electron chi connectivity index (χ0n) is 19.9. The second-order valence-corrected chi connectivity index (χ2v) is 10.5. The third-order valence-electron chi connectivity index (χ3n) is 5.48. The number of thioether (sulfide) groups is 1. The van der Waals surface area contributed by atoms with Crippen molar-refractivity contribution < 1.29 is 43.7 Å². The van der Waals surface area contributed by atoms with Crippen molar-refractivity contribution in [1.82, 2.24) is 15.2 Å². The zero-order chi connectivity index (χ0) is 26.8. The van der Waals surface area contributed by atoms with Gasteiger partial charge in [0.1, 0.15) is 29.3 Å². The van der Waals surface area contributed by atoms with Gasteiger partial charge >= 0.3 is 18.0 Å². The average Bonchev–Trinajstić information content (AvgIpc) is 3.27. The van der Waals surface area contributed by atoms with E-state index in [1.165, 1.54) is 24.1 Å². The summed E-state index contributed by atoms with van der Waals surface area (Å²) >= 11 is 2.17. The molecule has 1 aromatic rings. The van der Waals surface area contributed by atoms with Gasteiger partial charge in [-0.25, -0.2) is 14.6 Å². The number of amides is 3. The van der Waals surface area contributed by atoms with Crippen LogP contribution in [0.2, 0.25) is 0 Å². The van der Waals surface area contributed by atoms with Crippen LogP contribution in [-0.4, -0.2) is 79.3 Å². The molecule has 1 aromatic heterocycles. The van der Waals surface area contributed by atoms with Crippen molar-refractivity contribution in [2.24, 2.45) is 0 Å². The molecule has 3 heterocycles. The van der Waals surface area contributed by atoms with Crippen molar-refractivity contribution in [3.05, 3.63) is 22.3 Å². The highest BCUT2D eigenvalue weighted by Crippen LogP contribution is 2.40. The molecule has 0 aromatic carbocycles. The van der Waals surface area contributed by atoms with Crippen molar-refractivity contribution in [3.63, 3.8) is 0 Å². The first-order valence-electron chi connectivity index (χ1n) is 10.8. The van der Waals surface area contributed by atoms with Crippen molar-refractivity contribution in [1.29, 1.82) is 0 Å². The first-order valence-corrected chi connectivity index (χ1v) is 12.7. The largest absolute Gasteiger partial charge is 0.477 e. The van der Waals surface area contributed by atoms with Crippen molar-refractivity contribution >= 4 is 58.1 Å². The monoisotopic (exact) mass is 542 g/mol. The van der Waals surface area contributed by atoms with E-state index in [-0.39, 0.29) is 34.5 Å². The van der Waals surface area contributed by atoms with Gasteiger partial charge in [-0.3, -0.25) is 24.6 Å². The van der Waals surface area contributed by atoms with Crippen LogP contribution in [0.3, 0.4) is 0 Å². The number of aromatic nitrogens is 1. The van der Waals surface area contributed by atoms with E-state index >= 15 is 0 Å². The number of β-lactam (4-membered cyclic amide) rings is 1. The number of rotatable bonds is 9. The molecular formula is C21H26N4O9S2. The summed E-state index contributed by atoms with van der Waals surface area (Å²) in [6, 6.07) is -1.07. The molecule has 0 aliphatic carbocycles. The lowest BCUT2D eigenvalue weighted by atomic mass is 10.0. The van der Waals surface area contributed by atoms with Crippen LogP contribution in [0.15, 0.2) is 16.7 Å². The van der Waals surface area contributed by atoms with E-state index in [1.54, 1.807) is 13.8 Å². The van der Waals surface area contributed by atoms with Gasteiger partial charge in [0.15, 0.2) is 11.2 Å². The second-order valence-electron chi connectivity index (χ2n) is 8.54. The predicted octanol–water partition coefficient (Wildman–Crippen LogP) is 1.22. The Bertz CT molecular complexity index is 1120. The number of thiazole rings is 1. The van der Waals surface area contributed by atoms with E-state index in [0.717, 1.165) is 16.2 Å². The standard InChI is InChI=1S/C21H26N4O9S2/c1-5-21(3,4)34-20(32)24-19-22-11(8-36-19)14(27)15(28)23-12-16(29)25-13(18(30)31)10(6-33-9(2)26)7-35-17(12)25/h8,12,14,17,27H,5-7H2,1-4H3,(H,23,28)(H,30,31)(H,22,24,32)/t12-,14?,17-/m1/s1. The van der Waals surface area contributed by atoms with Gasteiger partial charge < -0.3 is 25.0 Å². The molecule has 13 nitrogen and oxygen atoms in total. The zero-order valence-corrected chi connectivity index (χ0v) is 21.5. The Morgan fingerprint density at radius 3 is 2.64 bits per heavy atom. The quantitative estimate of drug-likeness (QED) is 0.260. The minimum Gasteiger partial charge on any atom is -0.477 e. The maximum atomic E-state index is 12.7. The fraction of sp³-hybridized carbons (Fsp3) is 0.524. The lowest BCUT2D eigenvalue weighted by Gasteiger charge is -2.49. The molecule has 3 amide bonds. The molecule has 3 atom stereocenters. The first-order chi connectivity index (χ1) is 16.8. The number of ether oxygens (including phenoxy) is 2. The van der Waals surface area contributed by atoms with E-state index in [2.05, 4.69) is 15.6 Å². The minimum atomic E-state index is -1.73. The normalized spacial score (nSPS) is 20.1. The van der Waals surface area contributed by atoms with Gasteiger partial charge in [0.05, 0.1) is 5.69 Å². The average molecular weight is 543 g/mol. The van der Waals surface area contributed by atoms with Gasteiger partial charge in [0.2, 0.25) is 0 Å². The number of esters is 1. The summed E-state index contributed by atoms with van der Waals surface area (Å²) in [6.45, 7) is 6.28. The van der Waals surface area contributed by atoms with E-state index in [0.29, 0.717) is 6.42 Å². The van der Waals surface area contributed by atoms with Crippen molar-refractivity contribution in [3.8, 4) is 0 Å². The summed E-state index contributed by atoms with van der Waals surface area (Å²) in [5.41, 5.74) is -0.747. The Morgan fingerprint density at radius 2 is 2.03 bits per heavy atom. The fourth-order valence-corrected chi connectivity index (χ4v) is 5.30. The third kappa shape index (κ3) is 5.96. The van der Waals surface area contributed by atoms with Crippen LogP contribution >= 0.6 is 23.1 Å². The van der Waals surface area contributed by atoms with Crippen LogP contribution in [0.1, 0.15) is 45.9 Å². The van der Waals surface area contributed by atoms with Crippen LogP contribution in [-0.2, 0) is 28.7 Å². The molecule has 2 aliphatic rings. The molecule has 0 spiro atoms. The fourth-order valence-electron chi connectivity index (χ4n) is 3.25. The molecule has 0 bridgehead atoms. The van der Waals surface area contributed by atoms with Gasteiger partial charge in [-0.05, 0) is 20.3 Å². The molecule has 0 radical (unpaired) electrons. The molecule has 4 N–H and O–H groups in total. The van der Waals surface area contributed by atoms with Crippen LogP contribution in [0.4, 0.5) is 9.93 Å². The third-order valence-corrected chi connectivity index (χ3v) is 7.59. The lowest BCUT2D eigenvalue weighted by Crippen LogP contribution is -2.71. The molecule has 3 rings (SSSR count). The van der Waals surface area contributed by atoms with Gasteiger partial charge in [-0.2, -0.15) is 0 Å². The number of carboxylic acids is 1. The van der Waals surface area contributed by atoms with Crippen LogP contribution in [0.5, 0.6) is 0 Å². The SMILES string of the molecule is CCC(C)(C)OC(=O)Nc1nc(C(O)C(=O)N[C@@H]2C(=O)N3C(C(=O)O)=C(COC(C)=O)CS[C@H]23)cs1. The first kappa shape index (κ1) is 27.4. The molecular weight excluding hydrogens is 516 g/mol. The number of carbonyl (C=O) groups is 5. The molecule has 1 saturated heterocycles. The summed E-state index contributed by atoms with van der Waals surface area (Å²) in [4.78, 5) is 65.2. The number of nitrogens with zero attached hydrogens (tertiary/aromatic N) is 2. The van der Waals surface area contributed by atoms with E-state index in [9.17, 15) is 34.2 Å². The molecule has 36 heavy (non-hydrogen) atoms. The number of hydrogen-bond donors (Lipinski definition) is 4. The van der Waals surface area contributed by atoms with Gasteiger partial charge in [-0.15, -0.1) is 23.1 Å². The number of aliphatic hydroxyl groups excluding tert-OH is 1. The van der Waals surface area contributed by atoms with Gasteiger partial charge in [-0.1, -0.05) is 6.92 Å². The van der Waals surface area contributed by atoms with Crippen molar-refractivity contribution in [2.45, 2.75) is 57.2 Å². The smallest absolute Gasteiger partial charge is 0.413 e. The number of fused-ring (bicyclic) bond motifs is 1. The van der Waals surface area contributed by atoms with Crippen molar-refractivity contribution in [2.75, 3.05) is 17.7 Å².